The van der Waals surface area contributed by atoms with Gasteiger partial charge in [-0.3, -0.25) is 4.79 Å². The molecule has 0 fully saturated rings. The third-order valence-corrected chi connectivity index (χ3v) is 3.52. The van der Waals surface area contributed by atoms with Crippen molar-refractivity contribution in [2.45, 2.75) is 26.4 Å². The summed E-state index contributed by atoms with van der Waals surface area (Å²) in [5.74, 6) is -0.147. The molecule has 1 aromatic heterocycles. The highest BCUT2D eigenvalue weighted by molar-refractivity contribution is 5.85. The fourth-order valence-corrected chi connectivity index (χ4v) is 1.87. The summed E-state index contributed by atoms with van der Waals surface area (Å²) >= 11 is 0. The van der Waals surface area contributed by atoms with Gasteiger partial charge in [-0.15, -0.1) is 24.8 Å². The maximum absolute atomic E-state index is 13.2. The number of nitrogens with two attached hydrogens (primary N) is 1. The fraction of sp³-hybridized carbons (Fsp3) is 0.294. The lowest BCUT2D eigenvalue weighted by molar-refractivity contribution is -0.125. The maximum atomic E-state index is 13.2. The highest BCUT2D eigenvalue weighted by Crippen LogP contribution is 2.23. The number of rotatable bonds is 6. The Morgan fingerprint density at radius 3 is 2.64 bits per heavy atom. The van der Waals surface area contributed by atoms with Gasteiger partial charge < -0.3 is 15.8 Å². The molecule has 0 radical (unpaired) electrons. The summed E-state index contributed by atoms with van der Waals surface area (Å²) in [7, 11) is 0. The van der Waals surface area contributed by atoms with Gasteiger partial charge in [0, 0.05) is 36.3 Å². The van der Waals surface area contributed by atoms with E-state index < -0.39 is 0 Å². The minimum Gasteiger partial charge on any atom is -0.439 e. The number of amides is 1. The van der Waals surface area contributed by atoms with E-state index in [2.05, 4.69) is 10.3 Å². The predicted octanol–water partition coefficient (Wildman–Crippen LogP) is 3.46. The highest BCUT2D eigenvalue weighted by atomic mass is 35.5. The van der Waals surface area contributed by atoms with Crippen LogP contribution in [0, 0.1) is 11.7 Å². The molecule has 3 N–H and O–H groups in total. The molecule has 2 rings (SSSR count). The van der Waals surface area contributed by atoms with Crippen LogP contribution < -0.4 is 15.8 Å². The number of aromatic nitrogens is 1. The van der Waals surface area contributed by atoms with Crippen molar-refractivity contribution in [1.82, 2.24) is 10.3 Å². The number of halogens is 3. The Hall–Kier alpha value is -1.89. The molecular weight excluding hydrogens is 368 g/mol. The molecule has 0 saturated carbocycles. The molecule has 0 aliphatic heterocycles. The first kappa shape index (κ1) is 23.1. The Labute approximate surface area is 159 Å². The fourth-order valence-electron chi connectivity index (χ4n) is 1.87. The van der Waals surface area contributed by atoms with Gasteiger partial charge in [0.05, 0.1) is 0 Å². The van der Waals surface area contributed by atoms with Gasteiger partial charge in [0.2, 0.25) is 11.8 Å². The van der Waals surface area contributed by atoms with Crippen LogP contribution in [0.2, 0.25) is 0 Å². The minimum atomic E-state index is -0.390. The van der Waals surface area contributed by atoms with Gasteiger partial charge in [-0.2, -0.15) is 0 Å². The van der Waals surface area contributed by atoms with Crippen molar-refractivity contribution < 1.29 is 13.9 Å². The summed E-state index contributed by atoms with van der Waals surface area (Å²) in [6, 6.07) is 9.11. The summed E-state index contributed by atoms with van der Waals surface area (Å²) in [4.78, 5) is 16.1. The molecule has 138 valence electrons. The zero-order valence-corrected chi connectivity index (χ0v) is 15.6. The van der Waals surface area contributed by atoms with Crippen LogP contribution in [0.1, 0.15) is 19.4 Å². The van der Waals surface area contributed by atoms with E-state index in [1.54, 1.807) is 44.3 Å². The number of carbonyl (C=O) groups excluding carboxylic acids is 1. The summed E-state index contributed by atoms with van der Waals surface area (Å²) in [5.41, 5.74) is 6.41. The molecule has 2 atom stereocenters. The molecule has 0 aliphatic carbocycles. The molecule has 0 saturated heterocycles. The van der Waals surface area contributed by atoms with Crippen LogP contribution in [0.5, 0.6) is 11.6 Å². The average Bonchev–Trinajstić information content (AvgIpc) is 2.53. The van der Waals surface area contributed by atoms with Crippen molar-refractivity contribution in [2.75, 3.05) is 0 Å². The van der Waals surface area contributed by atoms with Crippen LogP contribution in [0.15, 0.2) is 42.6 Å². The molecule has 1 heterocycles. The Morgan fingerprint density at radius 2 is 2.00 bits per heavy atom. The lowest BCUT2D eigenvalue weighted by Crippen LogP contribution is -2.38. The molecule has 8 heteroatoms. The van der Waals surface area contributed by atoms with E-state index in [1.807, 2.05) is 0 Å². The third kappa shape index (κ3) is 6.86. The number of ether oxygens (including phenoxy) is 1. The van der Waals surface area contributed by atoms with Gasteiger partial charge in [-0.25, -0.2) is 9.37 Å². The van der Waals surface area contributed by atoms with Crippen LogP contribution in [-0.2, 0) is 11.3 Å². The molecule has 1 amide bonds. The number of carbonyl (C=O) groups is 1. The van der Waals surface area contributed by atoms with Crippen molar-refractivity contribution in [2.24, 2.45) is 11.7 Å². The highest BCUT2D eigenvalue weighted by Gasteiger charge is 2.17. The van der Waals surface area contributed by atoms with Gasteiger partial charge in [0.1, 0.15) is 11.6 Å². The first-order chi connectivity index (χ1) is 11.0. The average molecular weight is 390 g/mol. The van der Waals surface area contributed by atoms with E-state index in [0.717, 1.165) is 0 Å². The minimum absolute atomic E-state index is 0. The Balaban J connectivity index is 0.00000288. The quantitative estimate of drug-likeness (QED) is 0.792. The number of nitrogens with zero attached hydrogens (tertiary/aromatic N) is 1. The van der Waals surface area contributed by atoms with Gasteiger partial charge in [-0.05, 0) is 25.1 Å². The Kier molecular flexibility index (Phi) is 10.0. The van der Waals surface area contributed by atoms with E-state index in [0.29, 0.717) is 17.2 Å². The zero-order chi connectivity index (χ0) is 16.8. The van der Waals surface area contributed by atoms with E-state index in [9.17, 15) is 9.18 Å². The van der Waals surface area contributed by atoms with Crippen LogP contribution >= 0.6 is 24.8 Å². The second-order valence-electron chi connectivity index (χ2n) is 5.39. The number of benzene rings is 1. The van der Waals surface area contributed by atoms with Gasteiger partial charge >= 0.3 is 0 Å². The first-order valence-electron chi connectivity index (χ1n) is 7.38. The van der Waals surface area contributed by atoms with E-state index in [4.69, 9.17) is 10.5 Å². The number of pyridine rings is 1. The molecule has 0 bridgehead atoms. The Bertz CT molecular complexity index is 686. The summed E-state index contributed by atoms with van der Waals surface area (Å²) in [6.45, 7) is 3.81. The van der Waals surface area contributed by atoms with Crippen LogP contribution in [0.3, 0.4) is 0 Å². The first-order valence-corrected chi connectivity index (χ1v) is 7.38. The third-order valence-electron chi connectivity index (χ3n) is 3.52. The second-order valence-corrected chi connectivity index (χ2v) is 5.39. The van der Waals surface area contributed by atoms with Crippen LogP contribution in [0.25, 0.3) is 0 Å². The molecular formula is C17H22Cl2FN3O2. The van der Waals surface area contributed by atoms with Crippen molar-refractivity contribution in [3.8, 4) is 11.6 Å². The summed E-state index contributed by atoms with van der Waals surface area (Å²) in [5, 5.41) is 2.80. The smallest absolute Gasteiger partial charge is 0.224 e. The molecule has 2 aromatic rings. The van der Waals surface area contributed by atoms with Crippen molar-refractivity contribution >= 4 is 30.7 Å². The predicted molar refractivity (Wildman–Crippen MR) is 99.9 cm³/mol. The monoisotopic (exact) mass is 389 g/mol. The topological polar surface area (TPSA) is 77.2 Å². The molecule has 0 spiro atoms. The van der Waals surface area contributed by atoms with E-state index in [-0.39, 0.29) is 55.0 Å². The maximum Gasteiger partial charge on any atom is 0.224 e. The molecule has 1 aromatic carbocycles. The molecule has 25 heavy (non-hydrogen) atoms. The van der Waals surface area contributed by atoms with E-state index in [1.165, 1.54) is 12.1 Å². The van der Waals surface area contributed by atoms with Gasteiger partial charge in [-0.1, -0.05) is 19.1 Å². The largest absolute Gasteiger partial charge is 0.439 e. The molecule has 5 nitrogen and oxygen atoms in total. The standard InChI is InChI=1S/C17H20FN3O2.2ClH/c1-11(12(2)19)16(22)21-10-13-5-4-8-20-17(13)23-15-7-3-6-14(18)9-15;;/h3-9,11-12H,10,19H2,1-2H3,(H,21,22);2*1H. The normalized spacial score (nSPS) is 12.2. The van der Waals surface area contributed by atoms with Crippen molar-refractivity contribution in [3.05, 3.63) is 54.0 Å². The van der Waals surface area contributed by atoms with Crippen LogP contribution in [-0.4, -0.2) is 16.9 Å². The lowest BCUT2D eigenvalue weighted by atomic mass is 10.0. The van der Waals surface area contributed by atoms with Gasteiger partial charge in [0.25, 0.3) is 0 Å². The SMILES string of the molecule is CC(N)C(C)C(=O)NCc1cccnc1Oc1cccc(F)c1.Cl.Cl. The number of nitrogens with one attached hydrogen (secondary N) is 1. The summed E-state index contributed by atoms with van der Waals surface area (Å²) in [6.07, 6.45) is 1.57. The Morgan fingerprint density at radius 1 is 1.28 bits per heavy atom. The number of hydrogen-bond acceptors (Lipinski definition) is 4. The molecule has 0 aliphatic rings. The molecule has 2 unspecified atom stereocenters. The summed E-state index contributed by atoms with van der Waals surface area (Å²) < 4.78 is 18.8. The van der Waals surface area contributed by atoms with Crippen molar-refractivity contribution in [3.63, 3.8) is 0 Å². The van der Waals surface area contributed by atoms with Gasteiger partial charge in [0.15, 0.2) is 0 Å². The van der Waals surface area contributed by atoms with Crippen molar-refractivity contribution in [1.29, 1.82) is 0 Å². The van der Waals surface area contributed by atoms with E-state index >= 15 is 0 Å². The van der Waals surface area contributed by atoms with Crippen LogP contribution in [0.4, 0.5) is 4.39 Å². The zero-order valence-electron chi connectivity index (χ0n) is 13.9. The lowest BCUT2D eigenvalue weighted by Gasteiger charge is -2.16. The number of hydrogen-bond donors (Lipinski definition) is 2. The second kappa shape index (κ2) is 10.9.